The van der Waals surface area contributed by atoms with E-state index < -0.39 is 0 Å². The molecule has 4 atom stereocenters. The van der Waals surface area contributed by atoms with Gasteiger partial charge in [0.25, 0.3) is 5.56 Å². The van der Waals surface area contributed by atoms with E-state index in [1.807, 2.05) is 0 Å². The van der Waals surface area contributed by atoms with Gasteiger partial charge in [0.05, 0.1) is 37.2 Å². The summed E-state index contributed by atoms with van der Waals surface area (Å²) in [4.78, 5) is 12.0. The second kappa shape index (κ2) is 5.44. The largest absolute Gasteiger partial charge is 0.394 e. The standard InChI is InChI=1S/C12H17BrN4O3/c13-8-7(5-15-17(2-3-18)12(8)19)16-10-9(14)6-1-4-20-11(6)10/h5-6,9-11,16,18H,1-4,14H2. The first-order valence-corrected chi connectivity index (χ1v) is 7.43. The first-order chi connectivity index (χ1) is 9.63. The van der Waals surface area contributed by atoms with E-state index in [9.17, 15) is 4.79 Å². The number of fused-ring (bicyclic) bond motifs is 1. The molecule has 0 aromatic carbocycles. The van der Waals surface area contributed by atoms with Gasteiger partial charge in [-0.25, -0.2) is 4.68 Å². The predicted octanol–water partition coefficient (Wildman–Crippen LogP) is -0.475. The highest BCUT2D eigenvalue weighted by atomic mass is 79.9. The van der Waals surface area contributed by atoms with E-state index >= 15 is 0 Å². The molecule has 2 aliphatic rings. The molecule has 7 nitrogen and oxygen atoms in total. The SMILES string of the molecule is NC1C2CCOC2C1Nc1cnn(CCO)c(=O)c1Br. The van der Waals surface area contributed by atoms with Gasteiger partial charge >= 0.3 is 0 Å². The molecule has 1 saturated carbocycles. The Kier molecular flexibility index (Phi) is 3.80. The fourth-order valence-corrected chi connectivity index (χ4v) is 3.35. The van der Waals surface area contributed by atoms with Crippen LogP contribution in [0.25, 0.3) is 0 Å². The number of hydrogen-bond acceptors (Lipinski definition) is 6. The lowest BCUT2D eigenvalue weighted by atomic mass is 9.72. The summed E-state index contributed by atoms with van der Waals surface area (Å²) in [6.45, 7) is 0.796. The van der Waals surface area contributed by atoms with Crippen LogP contribution in [-0.2, 0) is 11.3 Å². The van der Waals surface area contributed by atoms with Crippen molar-refractivity contribution < 1.29 is 9.84 Å². The second-order valence-corrected chi connectivity index (χ2v) is 5.95. The van der Waals surface area contributed by atoms with E-state index in [1.54, 1.807) is 6.20 Å². The van der Waals surface area contributed by atoms with E-state index in [0.717, 1.165) is 13.0 Å². The summed E-state index contributed by atoms with van der Waals surface area (Å²) >= 11 is 3.28. The molecule has 110 valence electrons. The van der Waals surface area contributed by atoms with Gasteiger partial charge in [-0.3, -0.25) is 4.79 Å². The Hall–Kier alpha value is -0.960. The van der Waals surface area contributed by atoms with Crippen molar-refractivity contribution in [3.63, 3.8) is 0 Å². The van der Waals surface area contributed by atoms with Gasteiger partial charge in [-0.15, -0.1) is 0 Å². The molecular weight excluding hydrogens is 328 g/mol. The van der Waals surface area contributed by atoms with Crippen molar-refractivity contribution in [2.75, 3.05) is 18.5 Å². The maximum absolute atomic E-state index is 12.0. The first-order valence-electron chi connectivity index (χ1n) is 6.63. The molecule has 8 heteroatoms. The minimum atomic E-state index is -0.277. The maximum atomic E-state index is 12.0. The number of aliphatic hydroxyl groups excluding tert-OH is 1. The molecular formula is C12H17BrN4O3. The molecule has 2 fully saturated rings. The third-order valence-electron chi connectivity index (χ3n) is 4.07. The number of nitrogens with one attached hydrogen (secondary N) is 1. The average Bonchev–Trinajstić information content (AvgIpc) is 2.88. The predicted molar refractivity (Wildman–Crippen MR) is 76.5 cm³/mol. The molecule has 0 amide bonds. The summed E-state index contributed by atoms with van der Waals surface area (Å²) in [5.74, 6) is 0.411. The smallest absolute Gasteiger partial charge is 0.283 e. The third-order valence-corrected chi connectivity index (χ3v) is 4.83. The lowest BCUT2D eigenvalue weighted by Gasteiger charge is -2.46. The Labute approximate surface area is 124 Å². The molecule has 1 aromatic heterocycles. The highest BCUT2D eigenvalue weighted by molar-refractivity contribution is 9.10. The van der Waals surface area contributed by atoms with Crippen molar-refractivity contribution in [1.29, 1.82) is 0 Å². The molecule has 1 aliphatic heterocycles. The normalized spacial score (nSPS) is 31.8. The number of nitrogens with zero attached hydrogens (tertiary/aromatic N) is 2. The van der Waals surface area contributed by atoms with Crippen molar-refractivity contribution >= 4 is 21.6 Å². The maximum Gasteiger partial charge on any atom is 0.283 e. The van der Waals surface area contributed by atoms with Gasteiger partial charge in [-0.2, -0.15) is 5.10 Å². The molecule has 1 aromatic rings. The van der Waals surface area contributed by atoms with Crippen LogP contribution in [0.4, 0.5) is 5.69 Å². The molecule has 1 aliphatic carbocycles. The number of halogens is 1. The Balaban J connectivity index is 1.78. The van der Waals surface area contributed by atoms with E-state index in [4.69, 9.17) is 15.6 Å². The van der Waals surface area contributed by atoms with E-state index in [-0.39, 0.29) is 36.9 Å². The highest BCUT2D eigenvalue weighted by Crippen LogP contribution is 2.39. The van der Waals surface area contributed by atoms with E-state index in [0.29, 0.717) is 16.1 Å². The minimum Gasteiger partial charge on any atom is -0.394 e. The zero-order valence-corrected chi connectivity index (χ0v) is 12.4. The van der Waals surface area contributed by atoms with Crippen molar-refractivity contribution in [1.82, 2.24) is 9.78 Å². The van der Waals surface area contributed by atoms with Crippen molar-refractivity contribution in [2.24, 2.45) is 11.7 Å². The molecule has 0 radical (unpaired) electrons. The summed E-state index contributed by atoms with van der Waals surface area (Å²) < 4.78 is 7.26. The van der Waals surface area contributed by atoms with Crippen LogP contribution in [0.5, 0.6) is 0 Å². The lowest BCUT2D eigenvalue weighted by Crippen LogP contribution is -2.65. The Morgan fingerprint density at radius 1 is 1.65 bits per heavy atom. The molecule has 3 rings (SSSR count). The fourth-order valence-electron chi connectivity index (χ4n) is 2.93. The van der Waals surface area contributed by atoms with Gasteiger partial charge in [-0.1, -0.05) is 0 Å². The minimum absolute atomic E-state index is 0.00805. The molecule has 2 heterocycles. The van der Waals surface area contributed by atoms with Gasteiger partial charge < -0.3 is 20.9 Å². The summed E-state index contributed by atoms with van der Waals surface area (Å²) in [7, 11) is 0. The highest BCUT2D eigenvalue weighted by Gasteiger charge is 2.52. The van der Waals surface area contributed by atoms with Crippen LogP contribution in [0.15, 0.2) is 15.5 Å². The molecule has 20 heavy (non-hydrogen) atoms. The van der Waals surface area contributed by atoms with Gasteiger partial charge in [0.15, 0.2) is 0 Å². The summed E-state index contributed by atoms with van der Waals surface area (Å²) in [6.07, 6.45) is 2.69. The number of nitrogens with two attached hydrogens (primary N) is 1. The number of aliphatic hydroxyl groups is 1. The van der Waals surface area contributed by atoms with Crippen LogP contribution < -0.4 is 16.6 Å². The summed E-state index contributed by atoms with van der Waals surface area (Å²) in [6, 6.07) is 0.0444. The van der Waals surface area contributed by atoms with Gasteiger partial charge in [0, 0.05) is 18.6 Å². The fraction of sp³-hybridized carbons (Fsp3) is 0.667. The Morgan fingerprint density at radius 3 is 3.20 bits per heavy atom. The Bertz CT molecular complexity index is 564. The number of hydrogen-bond donors (Lipinski definition) is 3. The molecule has 0 spiro atoms. The number of rotatable bonds is 4. The first kappa shape index (κ1) is 14.0. The third kappa shape index (κ3) is 2.16. The van der Waals surface area contributed by atoms with Crippen molar-refractivity contribution in [2.45, 2.75) is 31.2 Å². The zero-order chi connectivity index (χ0) is 14.3. The van der Waals surface area contributed by atoms with Crippen LogP contribution >= 0.6 is 15.9 Å². The van der Waals surface area contributed by atoms with Gasteiger partial charge in [0.2, 0.25) is 0 Å². The monoisotopic (exact) mass is 344 g/mol. The van der Waals surface area contributed by atoms with E-state index in [2.05, 4.69) is 26.3 Å². The number of ether oxygens (including phenoxy) is 1. The van der Waals surface area contributed by atoms with Crippen LogP contribution in [-0.4, -0.2) is 46.3 Å². The van der Waals surface area contributed by atoms with Crippen LogP contribution in [0.3, 0.4) is 0 Å². The summed E-state index contributed by atoms with van der Waals surface area (Å²) in [5.41, 5.74) is 6.46. The number of aromatic nitrogens is 2. The molecule has 4 unspecified atom stereocenters. The second-order valence-electron chi connectivity index (χ2n) is 5.16. The van der Waals surface area contributed by atoms with Crippen molar-refractivity contribution in [3.8, 4) is 0 Å². The van der Waals surface area contributed by atoms with Gasteiger partial charge in [-0.05, 0) is 22.4 Å². The lowest BCUT2D eigenvalue weighted by molar-refractivity contribution is 0.00533. The van der Waals surface area contributed by atoms with Crippen LogP contribution in [0.1, 0.15) is 6.42 Å². The van der Waals surface area contributed by atoms with Crippen LogP contribution in [0, 0.1) is 5.92 Å². The van der Waals surface area contributed by atoms with Crippen LogP contribution in [0.2, 0.25) is 0 Å². The average molecular weight is 345 g/mol. The summed E-state index contributed by atoms with van der Waals surface area (Å²) in [5, 5.41) is 16.1. The molecule has 4 N–H and O–H groups in total. The van der Waals surface area contributed by atoms with E-state index in [1.165, 1.54) is 4.68 Å². The molecule has 0 bridgehead atoms. The Morgan fingerprint density at radius 2 is 2.45 bits per heavy atom. The quantitative estimate of drug-likeness (QED) is 0.682. The number of anilines is 1. The zero-order valence-electron chi connectivity index (χ0n) is 10.8. The molecule has 1 saturated heterocycles. The van der Waals surface area contributed by atoms with Gasteiger partial charge in [0.1, 0.15) is 4.47 Å². The van der Waals surface area contributed by atoms with Crippen molar-refractivity contribution in [3.05, 3.63) is 21.0 Å². The topological polar surface area (TPSA) is 102 Å².